The highest BCUT2D eigenvalue weighted by molar-refractivity contribution is 5.78. The molecule has 1 atom stereocenters. The summed E-state index contributed by atoms with van der Waals surface area (Å²) in [5.74, 6) is 0.358. The molecule has 2 rings (SSSR count). The molecule has 1 heterocycles. The van der Waals surface area contributed by atoms with Gasteiger partial charge in [-0.15, -0.1) is 0 Å². The van der Waals surface area contributed by atoms with Crippen molar-refractivity contribution in [1.29, 1.82) is 0 Å². The monoisotopic (exact) mass is 291 g/mol. The molecule has 112 valence electrons. The molecule has 2 aromatic rings. The third-order valence-electron chi connectivity index (χ3n) is 3.24. The number of nitrogens with one attached hydrogen (secondary N) is 1. The third-order valence-corrected chi connectivity index (χ3v) is 3.24. The molecule has 0 aliphatic heterocycles. The molecule has 1 aromatic heterocycles. The fourth-order valence-corrected chi connectivity index (χ4v) is 1.95. The second kappa shape index (κ2) is 6.97. The van der Waals surface area contributed by atoms with Gasteiger partial charge in [0.2, 0.25) is 11.8 Å². The summed E-state index contributed by atoms with van der Waals surface area (Å²) in [6.45, 7) is 3.74. The van der Waals surface area contributed by atoms with Crippen LogP contribution >= 0.6 is 0 Å². The van der Waals surface area contributed by atoms with Crippen LogP contribution in [0.1, 0.15) is 30.6 Å². The molecule has 1 aromatic carbocycles. The Morgan fingerprint density at radius 1 is 1.43 bits per heavy atom. The van der Waals surface area contributed by atoms with Crippen LogP contribution in [0.15, 0.2) is 28.8 Å². The predicted octanol–water partition coefficient (Wildman–Crippen LogP) is 2.40. The molecule has 0 aliphatic rings. The number of amides is 1. The van der Waals surface area contributed by atoms with Crippen LogP contribution in [0.4, 0.5) is 4.39 Å². The van der Waals surface area contributed by atoms with Crippen LogP contribution in [0, 0.1) is 18.7 Å². The predicted molar refractivity (Wildman–Crippen MR) is 74.8 cm³/mol. The molecule has 0 fully saturated rings. The van der Waals surface area contributed by atoms with Gasteiger partial charge in [0.1, 0.15) is 5.82 Å². The van der Waals surface area contributed by atoms with Crippen LogP contribution < -0.4 is 5.32 Å². The zero-order valence-corrected chi connectivity index (χ0v) is 12.1. The standard InChI is InChI=1S/C15H18FN3O2/c1-10(7-8-12-5-3-4-6-13(12)16)15(20)17-9-14-18-11(2)19-21-14/h3-6,10H,7-9H2,1-2H3,(H,17,20)/t10-/m0/s1. The van der Waals surface area contributed by atoms with Crippen molar-refractivity contribution in [3.05, 3.63) is 47.4 Å². The summed E-state index contributed by atoms with van der Waals surface area (Å²) >= 11 is 0. The number of rotatable bonds is 6. The SMILES string of the molecule is Cc1noc(CNC(=O)[C@@H](C)CCc2ccccc2F)n1. The third kappa shape index (κ3) is 4.37. The highest BCUT2D eigenvalue weighted by Crippen LogP contribution is 2.13. The average molecular weight is 291 g/mol. The van der Waals surface area contributed by atoms with Gasteiger partial charge < -0.3 is 9.84 Å². The minimum atomic E-state index is -0.230. The van der Waals surface area contributed by atoms with E-state index in [1.807, 2.05) is 6.92 Å². The Balaban J connectivity index is 1.78. The lowest BCUT2D eigenvalue weighted by Crippen LogP contribution is -2.29. The summed E-state index contributed by atoms with van der Waals surface area (Å²) in [4.78, 5) is 15.9. The van der Waals surface area contributed by atoms with Gasteiger partial charge in [0.25, 0.3) is 0 Å². The maximum atomic E-state index is 13.5. The van der Waals surface area contributed by atoms with E-state index >= 15 is 0 Å². The van der Waals surface area contributed by atoms with Gasteiger partial charge in [0, 0.05) is 5.92 Å². The zero-order valence-electron chi connectivity index (χ0n) is 12.1. The summed E-state index contributed by atoms with van der Waals surface area (Å²) in [5.41, 5.74) is 0.629. The van der Waals surface area contributed by atoms with Crippen molar-refractivity contribution in [2.45, 2.75) is 33.2 Å². The van der Waals surface area contributed by atoms with Gasteiger partial charge >= 0.3 is 0 Å². The second-order valence-corrected chi connectivity index (χ2v) is 4.98. The normalized spacial score (nSPS) is 12.1. The number of nitrogens with zero attached hydrogens (tertiary/aromatic N) is 2. The minimum Gasteiger partial charge on any atom is -0.347 e. The van der Waals surface area contributed by atoms with Crippen molar-refractivity contribution in [1.82, 2.24) is 15.5 Å². The molecular formula is C15H18FN3O2. The van der Waals surface area contributed by atoms with Crippen LogP contribution in [0.3, 0.4) is 0 Å². The first-order chi connectivity index (χ1) is 10.1. The molecular weight excluding hydrogens is 273 g/mol. The number of hydrogen-bond donors (Lipinski definition) is 1. The molecule has 0 radical (unpaired) electrons. The van der Waals surface area contributed by atoms with Crippen LogP contribution in [0.5, 0.6) is 0 Å². The van der Waals surface area contributed by atoms with Gasteiger partial charge in [-0.1, -0.05) is 30.3 Å². The van der Waals surface area contributed by atoms with Crippen molar-refractivity contribution in [2.75, 3.05) is 0 Å². The number of aromatic nitrogens is 2. The van der Waals surface area contributed by atoms with Crippen LogP contribution in [-0.4, -0.2) is 16.0 Å². The van der Waals surface area contributed by atoms with E-state index in [1.54, 1.807) is 25.1 Å². The van der Waals surface area contributed by atoms with Crippen molar-refractivity contribution >= 4 is 5.91 Å². The summed E-state index contributed by atoms with van der Waals surface area (Å²) in [6.07, 6.45) is 1.11. The van der Waals surface area contributed by atoms with E-state index in [0.29, 0.717) is 30.1 Å². The summed E-state index contributed by atoms with van der Waals surface area (Å²) < 4.78 is 18.4. The minimum absolute atomic E-state index is 0.109. The van der Waals surface area contributed by atoms with Crippen molar-refractivity contribution in [2.24, 2.45) is 5.92 Å². The smallest absolute Gasteiger partial charge is 0.246 e. The molecule has 6 heteroatoms. The van der Waals surface area contributed by atoms with Gasteiger partial charge in [0.15, 0.2) is 5.82 Å². The van der Waals surface area contributed by atoms with E-state index in [4.69, 9.17) is 4.52 Å². The van der Waals surface area contributed by atoms with Gasteiger partial charge in [-0.2, -0.15) is 4.98 Å². The van der Waals surface area contributed by atoms with Gasteiger partial charge in [-0.25, -0.2) is 4.39 Å². The number of benzene rings is 1. The fourth-order valence-electron chi connectivity index (χ4n) is 1.95. The Morgan fingerprint density at radius 3 is 2.86 bits per heavy atom. The summed E-state index contributed by atoms with van der Waals surface area (Å²) in [7, 11) is 0. The topological polar surface area (TPSA) is 68.0 Å². The van der Waals surface area contributed by atoms with E-state index in [-0.39, 0.29) is 24.2 Å². The quantitative estimate of drug-likeness (QED) is 0.887. The van der Waals surface area contributed by atoms with E-state index < -0.39 is 0 Å². The maximum absolute atomic E-state index is 13.5. The number of halogens is 1. The molecule has 0 bridgehead atoms. The fraction of sp³-hybridized carbons (Fsp3) is 0.400. The van der Waals surface area contributed by atoms with E-state index in [9.17, 15) is 9.18 Å². The highest BCUT2D eigenvalue weighted by Gasteiger charge is 2.14. The Hall–Kier alpha value is -2.24. The van der Waals surface area contributed by atoms with Gasteiger partial charge in [-0.3, -0.25) is 4.79 Å². The van der Waals surface area contributed by atoms with Crippen LogP contribution in [-0.2, 0) is 17.8 Å². The molecule has 1 N–H and O–H groups in total. The van der Waals surface area contributed by atoms with E-state index in [1.165, 1.54) is 6.07 Å². The number of aryl methyl sites for hydroxylation is 2. The number of carbonyl (C=O) groups is 1. The molecule has 0 spiro atoms. The first-order valence-corrected chi connectivity index (χ1v) is 6.86. The lowest BCUT2D eigenvalue weighted by atomic mass is 10.00. The Bertz CT molecular complexity index is 612. The molecule has 1 amide bonds. The highest BCUT2D eigenvalue weighted by atomic mass is 19.1. The van der Waals surface area contributed by atoms with Crippen molar-refractivity contribution in [3.63, 3.8) is 0 Å². The first-order valence-electron chi connectivity index (χ1n) is 6.86. The van der Waals surface area contributed by atoms with Crippen molar-refractivity contribution < 1.29 is 13.7 Å². The lowest BCUT2D eigenvalue weighted by Gasteiger charge is -2.11. The molecule has 0 saturated heterocycles. The Morgan fingerprint density at radius 2 is 2.19 bits per heavy atom. The summed E-state index contributed by atoms with van der Waals surface area (Å²) in [6, 6.07) is 6.61. The van der Waals surface area contributed by atoms with Crippen molar-refractivity contribution in [3.8, 4) is 0 Å². The number of hydrogen-bond acceptors (Lipinski definition) is 4. The second-order valence-electron chi connectivity index (χ2n) is 4.98. The first kappa shape index (κ1) is 15.2. The van der Waals surface area contributed by atoms with E-state index in [0.717, 1.165) is 0 Å². The zero-order chi connectivity index (χ0) is 15.2. The Kier molecular flexibility index (Phi) is 5.03. The molecule has 0 saturated carbocycles. The number of carbonyl (C=O) groups excluding carboxylic acids is 1. The average Bonchev–Trinajstić information content (AvgIpc) is 2.89. The molecule has 21 heavy (non-hydrogen) atoms. The largest absolute Gasteiger partial charge is 0.347 e. The van der Waals surface area contributed by atoms with Crippen LogP contribution in [0.2, 0.25) is 0 Å². The van der Waals surface area contributed by atoms with Gasteiger partial charge in [-0.05, 0) is 31.4 Å². The lowest BCUT2D eigenvalue weighted by molar-refractivity contribution is -0.124. The van der Waals surface area contributed by atoms with Crippen LogP contribution in [0.25, 0.3) is 0 Å². The Labute approximate surface area is 122 Å². The van der Waals surface area contributed by atoms with E-state index in [2.05, 4.69) is 15.5 Å². The maximum Gasteiger partial charge on any atom is 0.246 e. The molecule has 0 aliphatic carbocycles. The summed E-state index contributed by atoms with van der Waals surface area (Å²) in [5, 5.41) is 6.38. The molecule has 0 unspecified atom stereocenters. The molecule has 5 nitrogen and oxygen atoms in total. The van der Waals surface area contributed by atoms with Gasteiger partial charge in [0.05, 0.1) is 6.54 Å².